The van der Waals surface area contributed by atoms with Crippen molar-refractivity contribution < 1.29 is 26.4 Å². The van der Waals surface area contributed by atoms with Gasteiger partial charge < -0.3 is 5.32 Å². The second-order valence-electron chi connectivity index (χ2n) is 6.04. The number of amides is 1. The Morgan fingerprint density at radius 1 is 1.07 bits per heavy atom. The van der Waals surface area contributed by atoms with Crippen LogP contribution in [0, 0.1) is 6.92 Å². The minimum absolute atomic E-state index is 0.171. The minimum atomic E-state index is -4.83. The van der Waals surface area contributed by atoms with E-state index in [4.69, 9.17) is 0 Å². The van der Waals surface area contributed by atoms with E-state index in [1.807, 2.05) is 35.9 Å². The summed E-state index contributed by atoms with van der Waals surface area (Å²) in [5.74, 6) is -0.649. The predicted molar refractivity (Wildman–Crippen MR) is 94.3 cm³/mol. The summed E-state index contributed by atoms with van der Waals surface area (Å²) >= 11 is 0. The monoisotopic (exact) mass is 400 g/mol. The molecule has 0 aliphatic carbocycles. The van der Waals surface area contributed by atoms with E-state index in [2.05, 4.69) is 5.32 Å². The normalized spacial score (nSPS) is 13.2. The van der Waals surface area contributed by atoms with Gasteiger partial charge in [-0.05, 0) is 31.5 Å². The van der Waals surface area contributed by atoms with Crippen LogP contribution in [0.4, 0.5) is 13.2 Å². The molecule has 0 heterocycles. The largest absolute Gasteiger partial charge is 0.417 e. The molecule has 0 spiro atoms. The van der Waals surface area contributed by atoms with Crippen LogP contribution in [0.15, 0.2) is 53.4 Å². The molecular formula is C18H19F3N2O3S. The summed E-state index contributed by atoms with van der Waals surface area (Å²) in [5.41, 5.74) is 0.575. The Hall–Kier alpha value is -2.39. The van der Waals surface area contributed by atoms with Gasteiger partial charge in [-0.3, -0.25) is 4.79 Å². The van der Waals surface area contributed by atoms with Crippen LogP contribution in [0.5, 0.6) is 0 Å². The second kappa shape index (κ2) is 8.10. The van der Waals surface area contributed by atoms with Gasteiger partial charge in [0.25, 0.3) is 0 Å². The number of hydrogen-bond donors (Lipinski definition) is 2. The van der Waals surface area contributed by atoms with Crippen molar-refractivity contribution in [3.63, 3.8) is 0 Å². The Bertz CT molecular complexity index is 910. The molecule has 146 valence electrons. The third kappa shape index (κ3) is 5.54. The van der Waals surface area contributed by atoms with Crippen LogP contribution in [0.1, 0.15) is 23.6 Å². The molecule has 0 bridgehead atoms. The lowest BCUT2D eigenvalue weighted by Crippen LogP contribution is -2.44. The Labute approximate surface area is 155 Å². The van der Waals surface area contributed by atoms with Gasteiger partial charge in [-0.15, -0.1) is 0 Å². The van der Waals surface area contributed by atoms with E-state index in [-0.39, 0.29) is 6.54 Å². The number of rotatable bonds is 6. The molecule has 2 aromatic rings. The maximum absolute atomic E-state index is 13.0. The van der Waals surface area contributed by atoms with Crippen molar-refractivity contribution in [1.82, 2.24) is 10.0 Å². The molecule has 9 heteroatoms. The lowest BCUT2D eigenvalue weighted by atomic mass is 10.1. The fraction of sp³-hybridized carbons (Fsp3) is 0.278. The third-order valence-electron chi connectivity index (χ3n) is 3.79. The molecule has 0 saturated heterocycles. The number of nitrogens with one attached hydrogen (secondary N) is 2. The molecule has 1 amide bonds. The van der Waals surface area contributed by atoms with Gasteiger partial charge in [-0.1, -0.05) is 42.0 Å². The number of carbonyl (C=O) groups excluding carboxylic acids is 1. The number of sulfonamides is 1. The summed E-state index contributed by atoms with van der Waals surface area (Å²) in [6, 6.07) is 9.91. The molecular weight excluding hydrogens is 381 g/mol. The number of halogens is 3. The Kier molecular flexibility index (Phi) is 6.27. The van der Waals surface area contributed by atoms with Crippen LogP contribution in [0.25, 0.3) is 0 Å². The molecule has 0 aliphatic rings. The first-order valence-corrected chi connectivity index (χ1v) is 9.51. The Balaban J connectivity index is 2.09. The summed E-state index contributed by atoms with van der Waals surface area (Å²) in [5, 5.41) is 2.55. The van der Waals surface area contributed by atoms with E-state index >= 15 is 0 Å². The number of benzene rings is 2. The van der Waals surface area contributed by atoms with Crippen molar-refractivity contribution in [1.29, 1.82) is 0 Å². The standard InChI is InChI=1S/C18H19F3N2O3S/c1-12-7-9-14(10-8-12)11-22-17(24)13(2)23-27(25,26)16-6-4-3-5-15(16)18(19,20)21/h3-10,13,23H,11H2,1-2H3,(H,22,24). The van der Waals surface area contributed by atoms with Crippen molar-refractivity contribution in [3.8, 4) is 0 Å². The lowest BCUT2D eigenvalue weighted by Gasteiger charge is -2.17. The van der Waals surface area contributed by atoms with E-state index in [1.54, 1.807) is 0 Å². The maximum Gasteiger partial charge on any atom is 0.417 e. The van der Waals surface area contributed by atoms with Crippen LogP contribution in [-0.2, 0) is 27.5 Å². The fourth-order valence-corrected chi connectivity index (χ4v) is 3.76. The van der Waals surface area contributed by atoms with Gasteiger partial charge in [0.05, 0.1) is 16.5 Å². The van der Waals surface area contributed by atoms with Crippen LogP contribution in [0.3, 0.4) is 0 Å². The van der Waals surface area contributed by atoms with Crippen LogP contribution >= 0.6 is 0 Å². The van der Waals surface area contributed by atoms with E-state index < -0.39 is 38.6 Å². The second-order valence-corrected chi connectivity index (χ2v) is 7.72. The highest BCUT2D eigenvalue weighted by Gasteiger charge is 2.37. The van der Waals surface area contributed by atoms with Crippen LogP contribution in [0.2, 0.25) is 0 Å². The zero-order chi connectivity index (χ0) is 20.2. The molecule has 2 aromatic carbocycles. The number of carbonyl (C=O) groups is 1. The lowest BCUT2D eigenvalue weighted by molar-refractivity contribution is -0.139. The molecule has 0 saturated carbocycles. The van der Waals surface area contributed by atoms with Crippen LogP contribution in [-0.4, -0.2) is 20.4 Å². The van der Waals surface area contributed by atoms with Gasteiger partial charge in [0, 0.05) is 6.54 Å². The number of alkyl halides is 3. The number of hydrogen-bond acceptors (Lipinski definition) is 3. The SMILES string of the molecule is Cc1ccc(CNC(=O)C(C)NS(=O)(=O)c2ccccc2C(F)(F)F)cc1. The molecule has 0 aromatic heterocycles. The van der Waals surface area contributed by atoms with Crippen molar-refractivity contribution >= 4 is 15.9 Å². The fourth-order valence-electron chi connectivity index (χ4n) is 2.33. The summed E-state index contributed by atoms with van der Waals surface area (Å²) in [6.45, 7) is 3.35. The van der Waals surface area contributed by atoms with Gasteiger partial charge in [0.1, 0.15) is 0 Å². The first-order chi connectivity index (χ1) is 12.5. The molecule has 1 unspecified atom stereocenters. The Morgan fingerprint density at radius 3 is 2.26 bits per heavy atom. The minimum Gasteiger partial charge on any atom is -0.351 e. The predicted octanol–water partition coefficient (Wildman–Crippen LogP) is 3.00. The highest BCUT2D eigenvalue weighted by atomic mass is 32.2. The van der Waals surface area contributed by atoms with Crippen LogP contribution < -0.4 is 10.0 Å². The number of aryl methyl sites for hydroxylation is 1. The summed E-state index contributed by atoms with van der Waals surface area (Å²) in [6.07, 6.45) is -4.83. The van der Waals surface area contributed by atoms with E-state index in [1.165, 1.54) is 13.0 Å². The molecule has 2 N–H and O–H groups in total. The highest BCUT2D eigenvalue weighted by molar-refractivity contribution is 7.89. The summed E-state index contributed by atoms with van der Waals surface area (Å²) < 4.78 is 65.8. The van der Waals surface area contributed by atoms with Gasteiger partial charge in [-0.25, -0.2) is 8.42 Å². The Morgan fingerprint density at radius 2 is 1.67 bits per heavy atom. The molecule has 2 rings (SSSR count). The topological polar surface area (TPSA) is 75.3 Å². The smallest absolute Gasteiger partial charge is 0.351 e. The molecule has 27 heavy (non-hydrogen) atoms. The van der Waals surface area contributed by atoms with Crippen molar-refractivity contribution in [2.24, 2.45) is 0 Å². The average Bonchev–Trinajstić information content (AvgIpc) is 2.60. The third-order valence-corrected chi connectivity index (χ3v) is 5.39. The zero-order valence-electron chi connectivity index (χ0n) is 14.7. The first kappa shape index (κ1) is 20.9. The molecule has 0 aliphatic heterocycles. The summed E-state index contributed by atoms with van der Waals surface area (Å²) in [4.78, 5) is 11.2. The molecule has 1 atom stereocenters. The average molecular weight is 400 g/mol. The maximum atomic E-state index is 13.0. The van der Waals surface area contributed by atoms with Crippen molar-refractivity contribution in [3.05, 3.63) is 65.2 Å². The van der Waals surface area contributed by atoms with E-state index in [0.717, 1.165) is 23.3 Å². The van der Waals surface area contributed by atoms with Crippen molar-refractivity contribution in [2.75, 3.05) is 0 Å². The molecule has 0 fully saturated rings. The van der Waals surface area contributed by atoms with Crippen molar-refractivity contribution in [2.45, 2.75) is 37.5 Å². The van der Waals surface area contributed by atoms with E-state index in [0.29, 0.717) is 6.07 Å². The highest BCUT2D eigenvalue weighted by Crippen LogP contribution is 2.33. The zero-order valence-corrected chi connectivity index (χ0v) is 15.5. The summed E-state index contributed by atoms with van der Waals surface area (Å²) in [7, 11) is -4.54. The quantitative estimate of drug-likeness (QED) is 0.783. The van der Waals surface area contributed by atoms with Gasteiger partial charge in [-0.2, -0.15) is 17.9 Å². The van der Waals surface area contributed by atoms with Gasteiger partial charge in [0.2, 0.25) is 15.9 Å². The van der Waals surface area contributed by atoms with Gasteiger partial charge in [0.15, 0.2) is 0 Å². The molecule has 0 radical (unpaired) electrons. The van der Waals surface area contributed by atoms with Gasteiger partial charge >= 0.3 is 6.18 Å². The first-order valence-electron chi connectivity index (χ1n) is 8.02. The van der Waals surface area contributed by atoms with E-state index in [9.17, 15) is 26.4 Å². The molecule has 5 nitrogen and oxygen atoms in total.